The molecule has 110 valence electrons. The largest absolute Gasteiger partial charge is 0.330 e. The topological polar surface area (TPSA) is 98.7 Å². The van der Waals surface area contributed by atoms with E-state index in [9.17, 15) is 4.79 Å². The van der Waals surface area contributed by atoms with Gasteiger partial charge in [0.2, 0.25) is 5.91 Å². The third-order valence-corrected chi connectivity index (χ3v) is 3.60. The second kappa shape index (κ2) is 5.61. The summed E-state index contributed by atoms with van der Waals surface area (Å²) in [7, 11) is 0. The first-order valence-electron chi connectivity index (χ1n) is 7.08. The van der Waals surface area contributed by atoms with Crippen LogP contribution in [0.5, 0.6) is 0 Å². The summed E-state index contributed by atoms with van der Waals surface area (Å²) in [5.41, 5.74) is 7.17. The van der Waals surface area contributed by atoms with E-state index in [0.29, 0.717) is 12.6 Å². The molecule has 0 aliphatic heterocycles. The number of carbonyl (C=O) groups excluding carboxylic acids is 1. The smallest absolute Gasteiger partial charge is 0.228 e. The van der Waals surface area contributed by atoms with Gasteiger partial charge in [0.05, 0.1) is 6.04 Å². The van der Waals surface area contributed by atoms with E-state index >= 15 is 0 Å². The SMILES string of the molecule is CC(CN)C(=O)Nc1ccc(-c2nnnn2C2CC2)cc1. The van der Waals surface area contributed by atoms with E-state index < -0.39 is 0 Å². The molecule has 1 aliphatic rings. The fourth-order valence-electron chi connectivity index (χ4n) is 2.02. The second-order valence-electron chi connectivity index (χ2n) is 5.38. The van der Waals surface area contributed by atoms with Gasteiger partial charge in [-0.05, 0) is 47.5 Å². The van der Waals surface area contributed by atoms with E-state index in [0.717, 1.165) is 29.9 Å². The number of hydrogen-bond acceptors (Lipinski definition) is 5. The highest BCUT2D eigenvalue weighted by Gasteiger charge is 2.28. The summed E-state index contributed by atoms with van der Waals surface area (Å²) in [6.45, 7) is 2.13. The van der Waals surface area contributed by atoms with Crippen molar-refractivity contribution in [1.82, 2.24) is 20.2 Å². The highest BCUT2D eigenvalue weighted by Crippen LogP contribution is 2.36. The van der Waals surface area contributed by atoms with Crippen molar-refractivity contribution in [2.45, 2.75) is 25.8 Å². The zero-order valence-corrected chi connectivity index (χ0v) is 11.9. The van der Waals surface area contributed by atoms with Crippen LogP contribution in [0.15, 0.2) is 24.3 Å². The lowest BCUT2D eigenvalue weighted by Crippen LogP contribution is -2.26. The minimum atomic E-state index is -0.202. The Balaban J connectivity index is 1.75. The number of nitrogens with zero attached hydrogens (tertiary/aromatic N) is 4. The first-order valence-corrected chi connectivity index (χ1v) is 7.08. The van der Waals surface area contributed by atoms with Crippen molar-refractivity contribution in [3.05, 3.63) is 24.3 Å². The van der Waals surface area contributed by atoms with Crippen LogP contribution in [-0.2, 0) is 4.79 Å². The van der Waals surface area contributed by atoms with Crippen LogP contribution >= 0.6 is 0 Å². The molecule has 0 saturated heterocycles. The molecule has 2 aromatic rings. The van der Waals surface area contributed by atoms with E-state index in [-0.39, 0.29) is 11.8 Å². The molecule has 1 atom stereocenters. The Bertz CT molecular complexity index is 631. The zero-order chi connectivity index (χ0) is 14.8. The molecular formula is C14H18N6O. The number of carbonyl (C=O) groups is 1. The molecule has 7 heteroatoms. The number of rotatable bonds is 5. The van der Waals surface area contributed by atoms with Crippen molar-refractivity contribution >= 4 is 11.6 Å². The van der Waals surface area contributed by atoms with E-state index in [4.69, 9.17) is 5.73 Å². The van der Waals surface area contributed by atoms with Gasteiger partial charge < -0.3 is 11.1 Å². The molecule has 21 heavy (non-hydrogen) atoms. The van der Waals surface area contributed by atoms with Gasteiger partial charge in [0.25, 0.3) is 0 Å². The first-order chi connectivity index (χ1) is 10.2. The maximum atomic E-state index is 11.8. The molecule has 0 spiro atoms. The third kappa shape index (κ3) is 2.92. The number of hydrogen-bond donors (Lipinski definition) is 2. The van der Waals surface area contributed by atoms with E-state index in [2.05, 4.69) is 20.8 Å². The quantitative estimate of drug-likeness (QED) is 0.860. The van der Waals surface area contributed by atoms with Gasteiger partial charge in [0.1, 0.15) is 0 Å². The van der Waals surface area contributed by atoms with Crippen LogP contribution in [0.3, 0.4) is 0 Å². The first kappa shape index (κ1) is 13.7. The number of anilines is 1. The summed E-state index contributed by atoms with van der Waals surface area (Å²) in [4.78, 5) is 11.8. The number of aromatic nitrogens is 4. The number of nitrogens with two attached hydrogens (primary N) is 1. The van der Waals surface area contributed by atoms with Crippen molar-refractivity contribution in [3.8, 4) is 11.4 Å². The van der Waals surface area contributed by atoms with Crippen LogP contribution in [0.4, 0.5) is 5.69 Å². The van der Waals surface area contributed by atoms with Crippen molar-refractivity contribution in [3.63, 3.8) is 0 Å². The molecule has 0 radical (unpaired) electrons. The van der Waals surface area contributed by atoms with Gasteiger partial charge in [-0.3, -0.25) is 4.79 Å². The summed E-state index contributed by atoms with van der Waals surface area (Å²) < 4.78 is 1.87. The maximum Gasteiger partial charge on any atom is 0.228 e. The number of benzene rings is 1. The summed E-state index contributed by atoms with van der Waals surface area (Å²) in [6, 6.07) is 7.95. The molecule has 1 heterocycles. The van der Waals surface area contributed by atoms with Crippen molar-refractivity contribution in [1.29, 1.82) is 0 Å². The number of nitrogens with one attached hydrogen (secondary N) is 1. The van der Waals surface area contributed by atoms with Crippen LogP contribution in [0.25, 0.3) is 11.4 Å². The molecule has 7 nitrogen and oxygen atoms in total. The maximum absolute atomic E-state index is 11.8. The average molecular weight is 286 g/mol. The van der Waals surface area contributed by atoms with Crippen LogP contribution in [-0.4, -0.2) is 32.7 Å². The highest BCUT2D eigenvalue weighted by atomic mass is 16.1. The van der Waals surface area contributed by atoms with Crippen molar-refractivity contribution < 1.29 is 4.79 Å². The van der Waals surface area contributed by atoms with Gasteiger partial charge >= 0.3 is 0 Å². The van der Waals surface area contributed by atoms with Crippen LogP contribution in [0.2, 0.25) is 0 Å². The Labute approximate surface area is 122 Å². The third-order valence-electron chi connectivity index (χ3n) is 3.60. The normalized spacial score (nSPS) is 15.7. The van der Waals surface area contributed by atoms with Gasteiger partial charge in [-0.25, -0.2) is 4.68 Å². The molecule has 3 N–H and O–H groups in total. The lowest BCUT2D eigenvalue weighted by Gasteiger charge is -2.10. The highest BCUT2D eigenvalue weighted by molar-refractivity contribution is 5.92. The minimum Gasteiger partial charge on any atom is -0.330 e. The Hall–Kier alpha value is -2.28. The van der Waals surface area contributed by atoms with Crippen LogP contribution in [0.1, 0.15) is 25.8 Å². The molecule has 1 aliphatic carbocycles. The minimum absolute atomic E-state index is 0.0759. The summed E-state index contributed by atoms with van der Waals surface area (Å²) in [5, 5.41) is 14.7. The Kier molecular flexibility index (Phi) is 3.66. The van der Waals surface area contributed by atoms with Gasteiger partial charge in [0.15, 0.2) is 5.82 Å². The van der Waals surface area contributed by atoms with Gasteiger partial charge in [-0.2, -0.15) is 0 Å². The standard InChI is InChI=1S/C14H18N6O/c1-9(8-15)14(21)16-11-4-2-10(3-5-11)13-17-18-19-20(13)12-6-7-12/h2-5,9,12H,6-8,15H2,1H3,(H,16,21). The van der Waals surface area contributed by atoms with Gasteiger partial charge in [0, 0.05) is 23.7 Å². The van der Waals surface area contributed by atoms with Crippen molar-refractivity contribution in [2.75, 3.05) is 11.9 Å². The van der Waals surface area contributed by atoms with Gasteiger partial charge in [-0.15, -0.1) is 5.10 Å². The van der Waals surface area contributed by atoms with E-state index in [1.54, 1.807) is 6.92 Å². The predicted octanol–water partition coefficient (Wildman–Crippen LogP) is 1.21. The fraction of sp³-hybridized carbons (Fsp3) is 0.429. The summed E-state index contributed by atoms with van der Waals surface area (Å²) in [6.07, 6.45) is 2.26. The molecule has 1 aromatic carbocycles. The molecule has 1 unspecified atom stereocenters. The summed E-state index contributed by atoms with van der Waals surface area (Å²) in [5.74, 6) is 0.491. The molecule has 1 fully saturated rings. The molecule has 1 amide bonds. The lowest BCUT2D eigenvalue weighted by molar-refractivity contribution is -0.119. The monoisotopic (exact) mass is 286 g/mol. The van der Waals surface area contributed by atoms with Gasteiger partial charge in [-0.1, -0.05) is 6.92 Å². The van der Waals surface area contributed by atoms with Crippen LogP contribution < -0.4 is 11.1 Å². The summed E-state index contributed by atoms with van der Waals surface area (Å²) >= 11 is 0. The van der Waals surface area contributed by atoms with E-state index in [1.165, 1.54) is 0 Å². The Morgan fingerprint density at radius 1 is 1.43 bits per heavy atom. The fourth-order valence-corrected chi connectivity index (χ4v) is 2.02. The second-order valence-corrected chi connectivity index (χ2v) is 5.38. The lowest BCUT2D eigenvalue weighted by atomic mass is 10.1. The molecule has 0 bridgehead atoms. The molecule has 1 aromatic heterocycles. The Morgan fingerprint density at radius 2 is 2.14 bits per heavy atom. The number of tetrazole rings is 1. The average Bonchev–Trinajstić information content (AvgIpc) is 3.24. The predicted molar refractivity (Wildman–Crippen MR) is 78.4 cm³/mol. The molecule has 1 saturated carbocycles. The number of amides is 1. The van der Waals surface area contributed by atoms with Crippen LogP contribution in [0, 0.1) is 5.92 Å². The van der Waals surface area contributed by atoms with Crippen molar-refractivity contribution in [2.24, 2.45) is 11.7 Å². The molecular weight excluding hydrogens is 268 g/mol. The zero-order valence-electron chi connectivity index (χ0n) is 11.9. The van der Waals surface area contributed by atoms with E-state index in [1.807, 2.05) is 28.9 Å². The molecule has 3 rings (SSSR count). The Morgan fingerprint density at radius 3 is 2.76 bits per heavy atom.